The minimum Gasteiger partial charge on any atom is -0.359 e. The number of hydrogen-bond donors (Lipinski definition) is 0. The average Bonchev–Trinajstić information content (AvgIpc) is 2.20. The van der Waals surface area contributed by atoms with Crippen LogP contribution in [0.1, 0.15) is 11.5 Å². The van der Waals surface area contributed by atoms with Crippen molar-refractivity contribution in [3.63, 3.8) is 0 Å². The lowest BCUT2D eigenvalue weighted by Crippen LogP contribution is -1.93. The first-order chi connectivity index (χ1) is 4.75. The lowest BCUT2D eigenvalue weighted by Gasteiger charge is -1.88. The highest BCUT2D eigenvalue weighted by Crippen LogP contribution is 2.17. The van der Waals surface area contributed by atoms with Gasteiger partial charge in [0.25, 0.3) is 0 Å². The molecule has 4 nitrogen and oxygen atoms in total. The van der Waals surface area contributed by atoms with Gasteiger partial charge in [-0.2, -0.15) is 0 Å². The van der Waals surface area contributed by atoms with Gasteiger partial charge in [0.15, 0.2) is 5.76 Å². The number of amides is 1. The Bertz CT molecular complexity index is 222. The van der Waals surface area contributed by atoms with Gasteiger partial charge in [-0.1, -0.05) is 5.16 Å². The van der Waals surface area contributed by atoms with E-state index in [1.165, 1.54) is 0 Å². The molecule has 1 aromatic rings. The Labute approximate surface area is 58.2 Å². The number of carbonyl (C=O) groups is 1. The Balaban J connectivity index is 2.97. The molecule has 53 valence electrons. The molecule has 0 aromatic carbocycles. The zero-order valence-electron chi connectivity index (χ0n) is 5.79. The first-order valence-corrected chi connectivity index (χ1v) is 2.83. The monoisotopic (exact) mass is 139 g/mol. The number of aromatic nitrogens is 1. The van der Waals surface area contributed by atoms with E-state index in [9.17, 15) is 4.79 Å². The molecule has 1 rings (SSSR count). The molecule has 10 heavy (non-hydrogen) atoms. The maximum atomic E-state index is 9.94. The molecule has 0 unspecified atom stereocenters. The van der Waals surface area contributed by atoms with Gasteiger partial charge in [0.1, 0.15) is 11.4 Å². The lowest BCUT2D eigenvalue weighted by atomic mass is 10.3. The van der Waals surface area contributed by atoms with Gasteiger partial charge < -0.3 is 4.52 Å². The van der Waals surface area contributed by atoms with E-state index in [0.29, 0.717) is 23.6 Å². The van der Waals surface area contributed by atoms with Crippen molar-refractivity contribution in [3.05, 3.63) is 11.5 Å². The van der Waals surface area contributed by atoms with Crippen molar-refractivity contribution < 1.29 is 9.32 Å². The molecule has 0 N–H and O–H groups in total. The third-order valence-electron chi connectivity index (χ3n) is 1.18. The van der Waals surface area contributed by atoms with Crippen LogP contribution in [0.4, 0.5) is 5.69 Å². The summed E-state index contributed by atoms with van der Waals surface area (Å²) in [6.07, 6.45) is 0.479. The highest BCUT2D eigenvalue weighted by atomic mass is 16.5. The van der Waals surface area contributed by atoms with Crippen molar-refractivity contribution in [2.75, 3.05) is 0 Å². The third kappa shape index (κ3) is 1.00. The maximum Gasteiger partial charge on any atom is 0.233 e. The van der Waals surface area contributed by atoms with Crippen LogP contribution in [0.3, 0.4) is 0 Å². The Morgan fingerprint density at radius 1 is 1.60 bits per heavy atom. The molecule has 1 radical (unpaired) electrons. The van der Waals surface area contributed by atoms with Crippen LogP contribution in [0.2, 0.25) is 0 Å². The predicted molar refractivity (Wildman–Crippen MR) is 33.8 cm³/mol. The third-order valence-corrected chi connectivity index (χ3v) is 1.18. The molecule has 1 heterocycles. The maximum absolute atomic E-state index is 9.94. The molecule has 0 saturated carbocycles. The molecule has 0 bridgehead atoms. The average molecular weight is 139 g/mol. The van der Waals surface area contributed by atoms with Crippen LogP contribution in [0.5, 0.6) is 0 Å². The van der Waals surface area contributed by atoms with Crippen LogP contribution < -0.4 is 5.32 Å². The van der Waals surface area contributed by atoms with E-state index in [0.717, 1.165) is 0 Å². The molecule has 0 aliphatic heterocycles. The van der Waals surface area contributed by atoms with Crippen molar-refractivity contribution in [2.24, 2.45) is 0 Å². The second-order valence-electron chi connectivity index (χ2n) is 1.91. The largest absolute Gasteiger partial charge is 0.359 e. The summed E-state index contributed by atoms with van der Waals surface area (Å²) < 4.78 is 4.75. The number of carbonyl (C=O) groups excluding carboxylic acids is 1. The van der Waals surface area contributed by atoms with Gasteiger partial charge >= 0.3 is 0 Å². The first kappa shape index (κ1) is 6.80. The summed E-state index contributed by atoms with van der Waals surface area (Å²) in [5.74, 6) is 0.574. The van der Waals surface area contributed by atoms with E-state index >= 15 is 0 Å². The van der Waals surface area contributed by atoms with Crippen LogP contribution >= 0.6 is 0 Å². The zero-order chi connectivity index (χ0) is 7.56. The van der Waals surface area contributed by atoms with Gasteiger partial charge in [0.05, 0.1) is 0 Å². The number of aryl methyl sites for hydroxylation is 2. The molecule has 0 atom stereocenters. The second-order valence-corrected chi connectivity index (χ2v) is 1.91. The van der Waals surface area contributed by atoms with Crippen molar-refractivity contribution in [3.8, 4) is 0 Å². The predicted octanol–water partition coefficient (Wildman–Crippen LogP) is 0.684. The molecule has 0 saturated heterocycles. The molecule has 0 aliphatic rings. The number of nitrogens with zero attached hydrogens (tertiary/aromatic N) is 2. The van der Waals surface area contributed by atoms with Crippen LogP contribution in [0.15, 0.2) is 4.52 Å². The summed E-state index contributed by atoms with van der Waals surface area (Å²) in [6.45, 7) is 3.45. The van der Waals surface area contributed by atoms with Gasteiger partial charge in [-0.3, -0.25) is 4.79 Å². The molecule has 0 aliphatic carbocycles. The van der Waals surface area contributed by atoms with Gasteiger partial charge in [-0.25, -0.2) is 5.32 Å². The highest BCUT2D eigenvalue weighted by Gasteiger charge is 2.07. The summed E-state index contributed by atoms with van der Waals surface area (Å²) in [6, 6.07) is 0. The summed E-state index contributed by atoms with van der Waals surface area (Å²) in [4.78, 5) is 9.94. The SMILES string of the molecule is Cc1noc(C)c1[N]C=O. The minimum atomic E-state index is 0.479. The zero-order valence-corrected chi connectivity index (χ0v) is 5.79. The minimum absolute atomic E-state index is 0.479. The molecular weight excluding hydrogens is 132 g/mol. The summed E-state index contributed by atoms with van der Waals surface area (Å²) in [5, 5.41) is 7.14. The molecule has 0 spiro atoms. The van der Waals surface area contributed by atoms with Crippen LogP contribution in [-0.4, -0.2) is 11.6 Å². The van der Waals surface area contributed by atoms with Crippen molar-refractivity contribution >= 4 is 12.1 Å². The van der Waals surface area contributed by atoms with E-state index in [1.807, 2.05) is 0 Å². The van der Waals surface area contributed by atoms with Crippen LogP contribution in [-0.2, 0) is 4.79 Å². The molecule has 1 aromatic heterocycles. The van der Waals surface area contributed by atoms with E-state index in [-0.39, 0.29) is 0 Å². The Hall–Kier alpha value is -1.32. The quantitative estimate of drug-likeness (QED) is 0.566. The van der Waals surface area contributed by atoms with Gasteiger partial charge in [-0.05, 0) is 13.8 Å². The van der Waals surface area contributed by atoms with Crippen molar-refractivity contribution in [1.82, 2.24) is 10.5 Å². The van der Waals surface area contributed by atoms with E-state index in [2.05, 4.69) is 10.5 Å². The topological polar surface area (TPSA) is 57.2 Å². The normalized spacial score (nSPS) is 9.40. The van der Waals surface area contributed by atoms with Gasteiger partial charge in [0.2, 0.25) is 6.41 Å². The fourth-order valence-corrected chi connectivity index (χ4v) is 0.715. The molecule has 4 heteroatoms. The fourth-order valence-electron chi connectivity index (χ4n) is 0.715. The standard InChI is InChI=1S/C6H7N2O2/c1-4-6(7-3-9)5(2)10-8-4/h3H,1-2H3. The highest BCUT2D eigenvalue weighted by molar-refractivity contribution is 5.60. The summed E-state index contributed by atoms with van der Waals surface area (Å²) in [7, 11) is 0. The number of rotatable bonds is 2. The van der Waals surface area contributed by atoms with Gasteiger partial charge in [0, 0.05) is 0 Å². The Morgan fingerprint density at radius 2 is 2.30 bits per heavy atom. The summed E-state index contributed by atoms with van der Waals surface area (Å²) in [5.41, 5.74) is 1.18. The van der Waals surface area contributed by atoms with Crippen molar-refractivity contribution in [1.29, 1.82) is 0 Å². The molecule has 1 amide bonds. The Kier molecular flexibility index (Phi) is 1.71. The van der Waals surface area contributed by atoms with E-state index < -0.39 is 0 Å². The van der Waals surface area contributed by atoms with Gasteiger partial charge in [-0.15, -0.1) is 0 Å². The fraction of sp³-hybridized carbons (Fsp3) is 0.333. The van der Waals surface area contributed by atoms with Crippen molar-refractivity contribution in [2.45, 2.75) is 13.8 Å². The Morgan fingerprint density at radius 3 is 2.70 bits per heavy atom. The van der Waals surface area contributed by atoms with Crippen LogP contribution in [0.25, 0.3) is 0 Å². The lowest BCUT2D eigenvalue weighted by molar-refractivity contribution is -0.108. The second kappa shape index (κ2) is 2.51. The summed E-state index contributed by atoms with van der Waals surface area (Å²) >= 11 is 0. The van der Waals surface area contributed by atoms with E-state index in [4.69, 9.17) is 4.52 Å². The first-order valence-electron chi connectivity index (χ1n) is 2.83. The molecular formula is C6H7N2O2. The van der Waals surface area contributed by atoms with E-state index in [1.54, 1.807) is 13.8 Å². The number of hydrogen-bond acceptors (Lipinski definition) is 3. The smallest absolute Gasteiger partial charge is 0.233 e. The molecule has 0 fully saturated rings. The van der Waals surface area contributed by atoms with Crippen LogP contribution in [0, 0.1) is 13.8 Å².